The van der Waals surface area contributed by atoms with E-state index >= 15 is 0 Å². The van der Waals surface area contributed by atoms with Crippen LogP contribution in [0.4, 0.5) is 0 Å². The van der Waals surface area contributed by atoms with Gasteiger partial charge in [-0.15, -0.1) is 0 Å². The second-order valence-electron chi connectivity index (χ2n) is 5.09. The minimum Gasteiger partial charge on any atom is -0.391 e. The fourth-order valence-corrected chi connectivity index (χ4v) is 2.10. The van der Waals surface area contributed by atoms with Crippen LogP contribution >= 0.6 is 0 Å². The molecule has 0 saturated carbocycles. The molecule has 0 aromatic carbocycles. The van der Waals surface area contributed by atoms with E-state index < -0.39 is 30.0 Å². The van der Waals surface area contributed by atoms with Gasteiger partial charge in [-0.25, -0.2) is 19.4 Å². The van der Waals surface area contributed by atoms with Gasteiger partial charge in [0.25, 0.3) is 0 Å². The molecule has 10 heteroatoms. The van der Waals surface area contributed by atoms with Crippen LogP contribution in [-0.2, 0) is 25.5 Å². The highest BCUT2D eigenvalue weighted by atomic mass is 16.7. The molecular formula is C13H19N5O5. The van der Waals surface area contributed by atoms with Crippen LogP contribution in [0.3, 0.4) is 0 Å². The number of nitrogens with one attached hydrogen (secondary N) is 1. The molecule has 1 aromatic heterocycles. The lowest BCUT2D eigenvalue weighted by molar-refractivity contribution is -0.162. The standard InChI is InChI=1S/C13H19N5O5/c14-5-11(19)23-18-6-8(17-7-18)4-9(15)12(20)22-13(21)10-2-1-3-16-10/h6-7,9-10,16H,1-5,14-15H2/t9-,10-/m0/s1. The number of nitrogens with two attached hydrogens (primary N) is 2. The number of hydrogen-bond donors (Lipinski definition) is 3. The summed E-state index contributed by atoms with van der Waals surface area (Å²) in [6.45, 7) is 0.454. The van der Waals surface area contributed by atoms with Crippen LogP contribution < -0.4 is 21.6 Å². The number of esters is 2. The molecule has 1 fully saturated rings. The summed E-state index contributed by atoms with van der Waals surface area (Å²) >= 11 is 0. The van der Waals surface area contributed by atoms with Gasteiger partial charge in [-0.3, -0.25) is 0 Å². The van der Waals surface area contributed by atoms with Crippen LogP contribution in [0.2, 0.25) is 0 Å². The van der Waals surface area contributed by atoms with E-state index in [0.717, 1.165) is 17.7 Å². The summed E-state index contributed by atoms with van der Waals surface area (Å²) in [6.07, 6.45) is 4.17. The molecule has 126 valence electrons. The van der Waals surface area contributed by atoms with Crippen molar-refractivity contribution in [3.8, 4) is 0 Å². The minimum absolute atomic E-state index is 0.0391. The Morgan fingerprint density at radius 3 is 2.91 bits per heavy atom. The Bertz CT molecular complexity index is 581. The molecule has 1 aliphatic heterocycles. The first-order chi connectivity index (χ1) is 11.0. The Morgan fingerprint density at radius 2 is 2.26 bits per heavy atom. The number of hydrogen-bond acceptors (Lipinski definition) is 9. The Hall–Kier alpha value is -2.30. The molecule has 1 aromatic rings. The lowest BCUT2D eigenvalue weighted by atomic mass is 10.2. The van der Waals surface area contributed by atoms with Crippen molar-refractivity contribution < 1.29 is 24.0 Å². The molecule has 0 radical (unpaired) electrons. The van der Waals surface area contributed by atoms with Crippen molar-refractivity contribution in [2.24, 2.45) is 11.5 Å². The third-order valence-electron chi connectivity index (χ3n) is 3.27. The molecule has 2 atom stereocenters. The van der Waals surface area contributed by atoms with Gasteiger partial charge < -0.3 is 26.4 Å². The summed E-state index contributed by atoms with van der Waals surface area (Å²) in [4.78, 5) is 43.3. The van der Waals surface area contributed by atoms with E-state index in [9.17, 15) is 14.4 Å². The predicted molar refractivity (Wildman–Crippen MR) is 76.7 cm³/mol. The monoisotopic (exact) mass is 325 g/mol. The van der Waals surface area contributed by atoms with Gasteiger partial charge in [-0.05, 0) is 19.4 Å². The Balaban J connectivity index is 1.83. The normalized spacial score (nSPS) is 18.4. The molecule has 1 aliphatic rings. The van der Waals surface area contributed by atoms with Gasteiger partial charge in [0.05, 0.1) is 18.4 Å². The molecule has 0 spiro atoms. The maximum atomic E-state index is 11.8. The molecular weight excluding hydrogens is 306 g/mol. The van der Waals surface area contributed by atoms with E-state index in [0.29, 0.717) is 12.1 Å². The Labute approximate surface area is 132 Å². The number of aromatic nitrogens is 2. The van der Waals surface area contributed by atoms with Crippen LogP contribution in [0.25, 0.3) is 0 Å². The lowest BCUT2D eigenvalue weighted by Crippen LogP contribution is -2.40. The maximum absolute atomic E-state index is 11.8. The first kappa shape index (κ1) is 17.1. The van der Waals surface area contributed by atoms with Gasteiger partial charge in [0.15, 0.2) is 0 Å². The molecule has 1 saturated heterocycles. The summed E-state index contributed by atoms with van der Waals surface area (Å²) in [5, 5.41) is 2.94. The van der Waals surface area contributed by atoms with Gasteiger partial charge in [0.1, 0.15) is 18.4 Å². The summed E-state index contributed by atoms with van der Waals surface area (Å²) in [5.41, 5.74) is 11.2. The molecule has 0 aliphatic carbocycles. The molecule has 0 amide bonds. The van der Waals surface area contributed by atoms with E-state index in [2.05, 4.69) is 10.3 Å². The highest BCUT2D eigenvalue weighted by Gasteiger charge is 2.28. The third-order valence-corrected chi connectivity index (χ3v) is 3.27. The fourth-order valence-electron chi connectivity index (χ4n) is 2.10. The third kappa shape index (κ3) is 4.84. The van der Waals surface area contributed by atoms with Crippen LogP contribution in [0.5, 0.6) is 0 Å². The number of carbonyl (C=O) groups is 3. The smallest absolute Gasteiger partial charge is 0.346 e. The van der Waals surface area contributed by atoms with Gasteiger partial charge in [-0.1, -0.05) is 0 Å². The number of carbonyl (C=O) groups excluding carboxylic acids is 3. The lowest BCUT2D eigenvalue weighted by Gasteiger charge is -2.12. The average Bonchev–Trinajstić information content (AvgIpc) is 3.18. The zero-order valence-corrected chi connectivity index (χ0v) is 12.4. The van der Waals surface area contributed by atoms with Crippen molar-refractivity contribution in [3.05, 3.63) is 18.2 Å². The largest absolute Gasteiger partial charge is 0.391 e. The zero-order chi connectivity index (χ0) is 16.8. The number of rotatable bonds is 6. The van der Waals surface area contributed by atoms with Crippen molar-refractivity contribution in [3.63, 3.8) is 0 Å². The van der Waals surface area contributed by atoms with E-state index in [4.69, 9.17) is 21.0 Å². The second-order valence-corrected chi connectivity index (χ2v) is 5.09. The first-order valence-electron chi connectivity index (χ1n) is 7.18. The van der Waals surface area contributed by atoms with Crippen molar-refractivity contribution in [1.29, 1.82) is 0 Å². The molecule has 0 unspecified atom stereocenters. The summed E-state index contributed by atoms with van der Waals surface area (Å²) in [7, 11) is 0. The van der Waals surface area contributed by atoms with E-state index in [-0.39, 0.29) is 13.0 Å². The molecule has 2 heterocycles. The minimum atomic E-state index is -1.05. The van der Waals surface area contributed by atoms with Crippen molar-refractivity contribution in [2.75, 3.05) is 13.1 Å². The zero-order valence-electron chi connectivity index (χ0n) is 12.4. The SMILES string of the molecule is NCC(=O)On1cnc(C[C@H](N)C(=O)OC(=O)[C@@H]2CCCN2)c1. The van der Waals surface area contributed by atoms with Crippen molar-refractivity contribution in [2.45, 2.75) is 31.3 Å². The molecule has 10 nitrogen and oxygen atoms in total. The second kappa shape index (κ2) is 7.81. The van der Waals surface area contributed by atoms with Gasteiger partial charge in [-0.2, -0.15) is 4.73 Å². The van der Waals surface area contributed by atoms with E-state index in [1.54, 1.807) is 0 Å². The number of imidazole rings is 1. The Morgan fingerprint density at radius 1 is 1.48 bits per heavy atom. The van der Waals surface area contributed by atoms with Crippen molar-refractivity contribution >= 4 is 17.9 Å². The summed E-state index contributed by atoms with van der Waals surface area (Å²) < 4.78 is 5.82. The summed E-state index contributed by atoms with van der Waals surface area (Å²) in [5.74, 6) is -2.07. The van der Waals surface area contributed by atoms with Crippen LogP contribution in [0.1, 0.15) is 18.5 Å². The van der Waals surface area contributed by atoms with Crippen LogP contribution in [0.15, 0.2) is 12.5 Å². The molecule has 5 N–H and O–H groups in total. The first-order valence-corrected chi connectivity index (χ1v) is 7.18. The highest BCUT2D eigenvalue weighted by Crippen LogP contribution is 2.08. The highest BCUT2D eigenvalue weighted by molar-refractivity contribution is 5.91. The van der Waals surface area contributed by atoms with E-state index in [1.807, 2.05) is 0 Å². The predicted octanol–water partition coefficient (Wildman–Crippen LogP) is -2.51. The number of nitrogens with zero attached hydrogens (tertiary/aromatic N) is 2. The average molecular weight is 325 g/mol. The summed E-state index contributed by atoms with van der Waals surface area (Å²) in [6, 6.07) is -1.50. The molecule has 2 rings (SSSR count). The van der Waals surface area contributed by atoms with E-state index in [1.165, 1.54) is 12.5 Å². The maximum Gasteiger partial charge on any atom is 0.346 e. The molecule has 0 bridgehead atoms. The topological polar surface area (TPSA) is 152 Å². The molecule has 23 heavy (non-hydrogen) atoms. The van der Waals surface area contributed by atoms with Crippen molar-refractivity contribution in [1.82, 2.24) is 15.0 Å². The van der Waals surface area contributed by atoms with Crippen LogP contribution in [0, 0.1) is 0 Å². The Kier molecular flexibility index (Phi) is 5.79. The van der Waals surface area contributed by atoms with Crippen LogP contribution in [-0.4, -0.2) is 52.8 Å². The van der Waals surface area contributed by atoms with Gasteiger partial charge in [0.2, 0.25) is 0 Å². The fraction of sp³-hybridized carbons (Fsp3) is 0.538. The quantitative estimate of drug-likeness (QED) is 0.380. The van der Waals surface area contributed by atoms with Gasteiger partial charge >= 0.3 is 17.9 Å². The number of ether oxygens (including phenoxy) is 1. The van der Waals surface area contributed by atoms with Gasteiger partial charge in [0, 0.05) is 6.42 Å².